The molecule has 2 aromatic carbocycles. The number of nitrogens with zero attached hydrogens (tertiary/aromatic N) is 1. The van der Waals surface area contributed by atoms with E-state index in [1.54, 1.807) is 37.7 Å². The maximum Gasteiger partial charge on any atom is 0.338 e. The summed E-state index contributed by atoms with van der Waals surface area (Å²) in [7, 11) is 1.62. The van der Waals surface area contributed by atoms with Crippen LogP contribution in [0.15, 0.2) is 47.4 Å². The number of rotatable bonds is 9. The predicted octanol–water partition coefficient (Wildman–Crippen LogP) is 3.21. The smallest absolute Gasteiger partial charge is 0.338 e. The third-order valence-corrected chi connectivity index (χ3v) is 6.41. The van der Waals surface area contributed by atoms with Crippen LogP contribution < -0.4 is 15.1 Å². The van der Waals surface area contributed by atoms with Gasteiger partial charge in [-0.2, -0.15) is 0 Å². The van der Waals surface area contributed by atoms with E-state index in [4.69, 9.17) is 14.7 Å². The largest absolute Gasteiger partial charge is 0.497 e. The van der Waals surface area contributed by atoms with Gasteiger partial charge >= 0.3 is 5.97 Å². The average Bonchev–Trinajstić information content (AvgIpc) is 2.81. The van der Waals surface area contributed by atoms with Crippen LogP contribution in [-0.2, 0) is 20.7 Å². The van der Waals surface area contributed by atoms with Gasteiger partial charge in [0.15, 0.2) is 0 Å². The fourth-order valence-corrected chi connectivity index (χ4v) is 4.73. The summed E-state index contributed by atoms with van der Waals surface area (Å²) in [5.41, 5.74) is 3.47. The van der Waals surface area contributed by atoms with Crippen molar-refractivity contribution in [2.24, 2.45) is 0 Å². The van der Waals surface area contributed by atoms with Crippen molar-refractivity contribution in [1.29, 1.82) is 0 Å². The van der Waals surface area contributed by atoms with Gasteiger partial charge in [-0.1, -0.05) is 12.1 Å². The first-order chi connectivity index (χ1) is 15.5. The van der Waals surface area contributed by atoms with E-state index in [1.165, 1.54) is 16.7 Å². The quantitative estimate of drug-likeness (QED) is 0.338. The number of carbonyl (C=O) groups excluding carboxylic acids is 3. The van der Waals surface area contributed by atoms with Crippen molar-refractivity contribution in [3.8, 4) is 5.75 Å². The van der Waals surface area contributed by atoms with Crippen LogP contribution in [-0.4, -0.2) is 48.5 Å². The second-order valence-corrected chi connectivity index (χ2v) is 8.45. The van der Waals surface area contributed by atoms with Crippen LogP contribution in [0.2, 0.25) is 0 Å². The number of ether oxygens (including phenoxy) is 2. The number of aryl methyl sites for hydroxylation is 1. The number of hydrogen-bond donors (Lipinski definition) is 2. The highest BCUT2D eigenvalue weighted by atomic mass is 32.2. The van der Waals surface area contributed by atoms with E-state index in [1.807, 2.05) is 24.3 Å². The molecule has 0 saturated heterocycles. The van der Waals surface area contributed by atoms with Crippen molar-refractivity contribution in [1.82, 2.24) is 5.48 Å². The Labute approximate surface area is 190 Å². The molecule has 0 saturated carbocycles. The Bertz CT molecular complexity index is 979. The summed E-state index contributed by atoms with van der Waals surface area (Å²) in [5.74, 6) is -0.652. The number of fused-ring (bicyclic) bond motifs is 1. The molecular formula is C23H26N2O6S. The van der Waals surface area contributed by atoms with Crippen molar-refractivity contribution in [2.75, 3.05) is 25.2 Å². The number of carbonyl (C=O) groups is 3. The van der Waals surface area contributed by atoms with E-state index < -0.39 is 11.9 Å². The van der Waals surface area contributed by atoms with Crippen molar-refractivity contribution < 1.29 is 29.1 Å². The molecule has 1 aliphatic heterocycles. The molecule has 170 valence electrons. The Morgan fingerprint density at radius 2 is 1.94 bits per heavy atom. The third kappa shape index (κ3) is 5.60. The number of thioether (sulfide) groups is 1. The second kappa shape index (κ2) is 11.0. The lowest BCUT2D eigenvalue weighted by Crippen LogP contribution is -2.46. The molecule has 0 unspecified atom stereocenters. The summed E-state index contributed by atoms with van der Waals surface area (Å²) >= 11 is 1.42. The minimum Gasteiger partial charge on any atom is -0.497 e. The molecule has 0 bridgehead atoms. The van der Waals surface area contributed by atoms with E-state index in [2.05, 4.69) is 0 Å². The standard InChI is InChI=1S/C23H26N2O6S/c1-3-31-23(28)16-9-12-19-18(13-16)25(14-21(26)24-29)22(27)20(32-19)6-4-5-15-7-10-17(30-2)11-8-15/h7-13,20,29H,3-6,14H2,1-2H3,(H,24,26)/t20-/m1/s1. The Kier molecular flexibility index (Phi) is 8.13. The van der Waals surface area contributed by atoms with Crippen molar-refractivity contribution in [3.63, 3.8) is 0 Å². The van der Waals surface area contributed by atoms with Crippen LogP contribution in [0.4, 0.5) is 5.69 Å². The summed E-state index contributed by atoms with van der Waals surface area (Å²) in [6, 6.07) is 12.8. The molecular weight excluding hydrogens is 432 g/mol. The lowest BCUT2D eigenvalue weighted by atomic mass is 10.1. The van der Waals surface area contributed by atoms with Gasteiger partial charge in [0.2, 0.25) is 5.91 Å². The van der Waals surface area contributed by atoms with Gasteiger partial charge in [-0.15, -0.1) is 11.8 Å². The summed E-state index contributed by atoms with van der Waals surface area (Å²) in [6.45, 7) is 1.60. The lowest BCUT2D eigenvalue weighted by molar-refractivity contribution is -0.129. The van der Waals surface area contributed by atoms with Gasteiger partial charge in [0.25, 0.3) is 5.91 Å². The van der Waals surface area contributed by atoms with Gasteiger partial charge in [0, 0.05) is 4.90 Å². The number of anilines is 1. The lowest BCUT2D eigenvalue weighted by Gasteiger charge is -2.33. The Morgan fingerprint density at radius 1 is 1.19 bits per heavy atom. The van der Waals surface area contributed by atoms with Gasteiger partial charge in [-0.3, -0.25) is 14.8 Å². The van der Waals surface area contributed by atoms with Gasteiger partial charge in [-0.05, 0) is 62.1 Å². The zero-order chi connectivity index (χ0) is 23.1. The molecule has 2 amide bonds. The van der Waals surface area contributed by atoms with Crippen LogP contribution in [0, 0.1) is 0 Å². The number of hydrogen-bond acceptors (Lipinski definition) is 7. The maximum absolute atomic E-state index is 13.2. The van der Waals surface area contributed by atoms with E-state index in [0.29, 0.717) is 17.7 Å². The van der Waals surface area contributed by atoms with Crippen LogP contribution in [0.25, 0.3) is 0 Å². The first-order valence-electron chi connectivity index (χ1n) is 10.3. The second-order valence-electron chi connectivity index (χ2n) is 7.21. The Hall–Kier alpha value is -3.04. The summed E-state index contributed by atoms with van der Waals surface area (Å²) in [6.07, 6.45) is 2.21. The van der Waals surface area contributed by atoms with Crippen molar-refractivity contribution in [2.45, 2.75) is 36.3 Å². The highest BCUT2D eigenvalue weighted by molar-refractivity contribution is 8.01. The first kappa shape index (κ1) is 23.6. The molecule has 1 heterocycles. The Balaban J connectivity index is 1.76. The van der Waals surface area contributed by atoms with Crippen LogP contribution in [0.1, 0.15) is 35.7 Å². The molecule has 3 rings (SSSR count). The van der Waals surface area contributed by atoms with Crippen LogP contribution in [0.5, 0.6) is 5.75 Å². The predicted molar refractivity (Wildman–Crippen MR) is 120 cm³/mol. The molecule has 0 radical (unpaired) electrons. The molecule has 2 N–H and O–H groups in total. The molecule has 9 heteroatoms. The fourth-order valence-electron chi connectivity index (χ4n) is 3.47. The van der Waals surface area contributed by atoms with E-state index in [9.17, 15) is 14.4 Å². The Morgan fingerprint density at radius 3 is 2.59 bits per heavy atom. The van der Waals surface area contributed by atoms with Gasteiger partial charge in [0.05, 0.1) is 30.2 Å². The van der Waals surface area contributed by atoms with Gasteiger partial charge < -0.3 is 14.4 Å². The van der Waals surface area contributed by atoms with Gasteiger partial charge in [-0.25, -0.2) is 10.3 Å². The van der Waals surface area contributed by atoms with Crippen LogP contribution in [0.3, 0.4) is 0 Å². The normalized spacial score (nSPS) is 15.2. The zero-order valence-corrected chi connectivity index (χ0v) is 18.8. The minimum absolute atomic E-state index is 0.233. The summed E-state index contributed by atoms with van der Waals surface area (Å²) < 4.78 is 10.2. The summed E-state index contributed by atoms with van der Waals surface area (Å²) in [5, 5.41) is 8.58. The monoisotopic (exact) mass is 458 g/mol. The number of hydroxylamine groups is 1. The first-order valence-corrected chi connectivity index (χ1v) is 11.2. The van der Waals surface area contributed by atoms with E-state index >= 15 is 0 Å². The number of methoxy groups -OCH3 is 1. The molecule has 8 nitrogen and oxygen atoms in total. The van der Waals surface area contributed by atoms with Crippen molar-refractivity contribution >= 4 is 35.2 Å². The van der Waals surface area contributed by atoms with E-state index in [0.717, 1.165) is 29.1 Å². The highest BCUT2D eigenvalue weighted by Gasteiger charge is 2.35. The average molecular weight is 459 g/mol. The highest BCUT2D eigenvalue weighted by Crippen LogP contribution is 2.41. The maximum atomic E-state index is 13.2. The van der Waals surface area contributed by atoms with E-state index in [-0.39, 0.29) is 24.3 Å². The summed E-state index contributed by atoms with van der Waals surface area (Å²) in [4.78, 5) is 39.3. The molecule has 0 aromatic heterocycles. The number of esters is 1. The minimum atomic E-state index is -0.713. The van der Waals surface area contributed by atoms with Crippen LogP contribution >= 0.6 is 11.8 Å². The fraction of sp³-hybridized carbons (Fsp3) is 0.348. The zero-order valence-electron chi connectivity index (χ0n) is 18.0. The molecule has 0 spiro atoms. The number of nitrogens with one attached hydrogen (secondary N) is 1. The van der Waals surface area contributed by atoms with Gasteiger partial charge in [0.1, 0.15) is 12.3 Å². The molecule has 32 heavy (non-hydrogen) atoms. The van der Waals surface area contributed by atoms with Crippen molar-refractivity contribution in [3.05, 3.63) is 53.6 Å². The number of benzene rings is 2. The molecule has 2 aromatic rings. The molecule has 1 aliphatic rings. The SMILES string of the molecule is CCOC(=O)c1ccc2c(c1)N(CC(=O)NO)C(=O)[C@@H](CCCc1ccc(OC)cc1)S2. The topological polar surface area (TPSA) is 105 Å². The number of amides is 2. The molecule has 0 aliphatic carbocycles. The molecule has 1 atom stereocenters. The molecule has 0 fully saturated rings. The third-order valence-electron chi connectivity index (χ3n) is 5.09.